The van der Waals surface area contributed by atoms with Gasteiger partial charge in [0.05, 0.1) is 36.7 Å². The largest absolute Gasteiger partial charge is 0.466 e. The van der Waals surface area contributed by atoms with Gasteiger partial charge >= 0.3 is 11.9 Å². The summed E-state index contributed by atoms with van der Waals surface area (Å²) < 4.78 is 9.44. The van der Waals surface area contributed by atoms with Crippen LogP contribution in [0.3, 0.4) is 0 Å². The van der Waals surface area contributed by atoms with Crippen LogP contribution in [0.25, 0.3) is 0 Å². The summed E-state index contributed by atoms with van der Waals surface area (Å²) in [5.41, 5.74) is -2.46. The quantitative estimate of drug-likeness (QED) is 0.701. The molecule has 0 heterocycles. The highest BCUT2D eigenvalue weighted by Gasteiger charge is 2.65. The number of carbonyl (C=O) groups is 4. The van der Waals surface area contributed by atoms with Crippen LogP contribution >= 0.6 is 0 Å². The number of esters is 2. The lowest BCUT2D eigenvalue weighted by atomic mass is 9.48. The van der Waals surface area contributed by atoms with Gasteiger partial charge in [0.25, 0.3) is 0 Å². The molecule has 3 aliphatic rings. The molecule has 0 saturated heterocycles. The Balaban J connectivity index is 2.85. The summed E-state index contributed by atoms with van der Waals surface area (Å²) in [7, 11) is 2.35. The summed E-state index contributed by atoms with van der Waals surface area (Å²) >= 11 is 0. The molecule has 0 aliphatic heterocycles. The number of ketones is 2. The van der Waals surface area contributed by atoms with E-state index < -0.39 is 28.7 Å². The number of Topliss-reactive ketones (excluding diaryl/α,β-unsaturated/α-hetero) is 2. The van der Waals surface area contributed by atoms with Gasteiger partial charge in [0.1, 0.15) is 11.6 Å². The Bertz CT molecular complexity index is 597. The maximum atomic E-state index is 12.7. The van der Waals surface area contributed by atoms with Crippen LogP contribution in [0.4, 0.5) is 0 Å². The van der Waals surface area contributed by atoms with Crippen molar-refractivity contribution in [2.75, 3.05) is 14.2 Å². The molecule has 2 bridgehead atoms. The van der Waals surface area contributed by atoms with Crippen LogP contribution in [0, 0.1) is 16.7 Å². The first-order valence-corrected chi connectivity index (χ1v) is 6.61. The molecule has 6 nitrogen and oxygen atoms in total. The van der Waals surface area contributed by atoms with Gasteiger partial charge in [-0.3, -0.25) is 9.59 Å². The van der Waals surface area contributed by atoms with Crippen LogP contribution in [0.15, 0.2) is 11.1 Å². The Morgan fingerprint density at radius 1 is 1.05 bits per heavy atom. The summed E-state index contributed by atoms with van der Waals surface area (Å²) in [6.45, 7) is 4.75. The zero-order valence-electron chi connectivity index (χ0n) is 12.7. The lowest BCUT2D eigenvalue weighted by Crippen LogP contribution is -2.60. The van der Waals surface area contributed by atoms with E-state index in [1.165, 1.54) is 21.1 Å². The van der Waals surface area contributed by atoms with Crippen molar-refractivity contribution >= 4 is 23.5 Å². The van der Waals surface area contributed by atoms with Crippen LogP contribution in [-0.4, -0.2) is 37.7 Å². The van der Waals surface area contributed by atoms with Crippen molar-refractivity contribution in [1.82, 2.24) is 0 Å². The topological polar surface area (TPSA) is 86.7 Å². The van der Waals surface area contributed by atoms with E-state index >= 15 is 0 Å². The molecule has 6 heteroatoms. The number of hydrogen-bond acceptors (Lipinski definition) is 6. The molecule has 0 spiro atoms. The summed E-state index contributed by atoms with van der Waals surface area (Å²) in [4.78, 5) is 49.3. The first kappa shape index (κ1) is 15.4. The molecule has 0 N–H and O–H groups in total. The Hall–Kier alpha value is -1.98. The average Bonchev–Trinajstić information content (AvgIpc) is 2.42. The third-order valence-electron chi connectivity index (χ3n) is 4.56. The number of methoxy groups -OCH3 is 2. The molecule has 1 saturated carbocycles. The number of rotatable bonds is 2. The van der Waals surface area contributed by atoms with Gasteiger partial charge in [-0.25, -0.2) is 9.59 Å². The van der Waals surface area contributed by atoms with E-state index in [2.05, 4.69) is 0 Å². The van der Waals surface area contributed by atoms with Crippen LogP contribution in [0.1, 0.15) is 27.2 Å². The zero-order valence-corrected chi connectivity index (χ0v) is 12.7. The minimum absolute atomic E-state index is 0.0345. The fourth-order valence-electron chi connectivity index (χ4n) is 3.71. The van der Waals surface area contributed by atoms with E-state index in [0.717, 1.165) is 0 Å². The summed E-state index contributed by atoms with van der Waals surface area (Å²) in [5.74, 6) is -2.95. The third kappa shape index (κ3) is 1.78. The predicted octanol–water partition coefficient (Wildman–Crippen LogP) is 0.833. The number of hydrogen-bond donors (Lipinski definition) is 0. The molecule has 1 fully saturated rings. The van der Waals surface area contributed by atoms with Crippen molar-refractivity contribution in [3.8, 4) is 0 Å². The van der Waals surface area contributed by atoms with Gasteiger partial charge in [-0.15, -0.1) is 0 Å². The summed E-state index contributed by atoms with van der Waals surface area (Å²) in [6.07, 6.45) is -0.0924. The third-order valence-corrected chi connectivity index (χ3v) is 4.56. The highest BCUT2D eigenvalue weighted by molar-refractivity contribution is 6.19. The molecule has 2 atom stereocenters. The minimum atomic E-state index is -1.34. The fourth-order valence-corrected chi connectivity index (χ4v) is 3.71. The van der Waals surface area contributed by atoms with Gasteiger partial charge in [0.15, 0.2) is 0 Å². The monoisotopic (exact) mass is 294 g/mol. The Morgan fingerprint density at radius 3 is 2.05 bits per heavy atom. The van der Waals surface area contributed by atoms with E-state index in [4.69, 9.17) is 9.47 Å². The van der Waals surface area contributed by atoms with Gasteiger partial charge in [0, 0.05) is 11.8 Å². The standard InChI is InChI=1S/C15H18O6/c1-14(2)9-7(16)6-15(3,13(14)19)10(12(18)21-5)8(9)11(17)20-4/h9H,6H2,1-5H3. The summed E-state index contributed by atoms with van der Waals surface area (Å²) in [6, 6.07) is 0. The van der Waals surface area contributed by atoms with Gasteiger partial charge in [-0.2, -0.15) is 0 Å². The Kier molecular flexibility index (Phi) is 3.31. The maximum absolute atomic E-state index is 12.7. The van der Waals surface area contributed by atoms with Gasteiger partial charge in [-0.05, 0) is 6.92 Å². The Morgan fingerprint density at radius 2 is 1.57 bits per heavy atom. The first-order chi connectivity index (χ1) is 9.62. The molecular formula is C15H18O6. The van der Waals surface area contributed by atoms with Crippen molar-refractivity contribution in [3.63, 3.8) is 0 Å². The minimum Gasteiger partial charge on any atom is -0.466 e. The van der Waals surface area contributed by atoms with Crippen molar-refractivity contribution < 1.29 is 28.7 Å². The number of carbonyl (C=O) groups excluding carboxylic acids is 4. The average molecular weight is 294 g/mol. The smallest absolute Gasteiger partial charge is 0.335 e. The zero-order chi connectivity index (χ0) is 16.2. The normalized spacial score (nSPS) is 30.4. The van der Waals surface area contributed by atoms with Crippen LogP contribution in [0.5, 0.6) is 0 Å². The highest BCUT2D eigenvalue weighted by atomic mass is 16.5. The Labute approximate surface area is 122 Å². The summed E-state index contributed by atoms with van der Waals surface area (Å²) in [5, 5.41) is 0. The number of fused-ring (bicyclic) bond motifs is 2. The molecule has 0 amide bonds. The second-order valence-electron chi connectivity index (χ2n) is 6.23. The van der Waals surface area contributed by atoms with Crippen molar-refractivity contribution in [2.24, 2.45) is 16.7 Å². The molecule has 21 heavy (non-hydrogen) atoms. The molecule has 0 aromatic rings. The van der Waals surface area contributed by atoms with E-state index in [9.17, 15) is 19.2 Å². The van der Waals surface area contributed by atoms with Gasteiger partial charge in [0.2, 0.25) is 0 Å². The SMILES string of the molecule is COC(=O)C1=C(C(=O)OC)C2(C)CC(=O)C1C(C)(C)C2=O. The molecule has 0 aromatic carbocycles. The van der Waals surface area contributed by atoms with Gasteiger partial charge in [-0.1, -0.05) is 13.8 Å². The van der Waals surface area contributed by atoms with E-state index in [1.54, 1.807) is 13.8 Å². The van der Waals surface area contributed by atoms with Crippen LogP contribution in [0.2, 0.25) is 0 Å². The molecule has 2 unspecified atom stereocenters. The fraction of sp³-hybridized carbons (Fsp3) is 0.600. The predicted molar refractivity (Wildman–Crippen MR) is 71.1 cm³/mol. The highest BCUT2D eigenvalue weighted by Crippen LogP contribution is 2.57. The van der Waals surface area contributed by atoms with Crippen molar-refractivity contribution in [2.45, 2.75) is 27.2 Å². The number of ether oxygens (including phenoxy) is 2. The van der Waals surface area contributed by atoms with E-state index in [1.807, 2.05) is 0 Å². The molecular weight excluding hydrogens is 276 g/mol. The second kappa shape index (κ2) is 4.51. The van der Waals surface area contributed by atoms with E-state index in [0.29, 0.717) is 0 Å². The lowest BCUT2D eigenvalue weighted by molar-refractivity contribution is -0.158. The maximum Gasteiger partial charge on any atom is 0.335 e. The molecule has 114 valence electrons. The van der Waals surface area contributed by atoms with Crippen molar-refractivity contribution in [3.05, 3.63) is 11.1 Å². The first-order valence-electron chi connectivity index (χ1n) is 6.61. The molecule has 3 rings (SSSR count). The van der Waals surface area contributed by atoms with Gasteiger partial charge < -0.3 is 9.47 Å². The second-order valence-corrected chi connectivity index (χ2v) is 6.23. The van der Waals surface area contributed by atoms with Crippen molar-refractivity contribution in [1.29, 1.82) is 0 Å². The lowest BCUT2D eigenvalue weighted by Gasteiger charge is -2.51. The molecule has 3 aliphatic carbocycles. The molecule has 0 aromatic heterocycles. The van der Waals surface area contributed by atoms with Crippen LogP contribution in [-0.2, 0) is 28.7 Å². The molecule has 0 radical (unpaired) electrons. The van der Waals surface area contributed by atoms with Crippen LogP contribution < -0.4 is 0 Å². The van der Waals surface area contributed by atoms with E-state index in [-0.39, 0.29) is 29.1 Å².